The molecule has 2 aliphatic rings. The molecule has 0 aromatic heterocycles. The van der Waals surface area contributed by atoms with E-state index in [2.05, 4.69) is 11.8 Å². The number of amides is 2. The van der Waals surface area contributed by atoms with E-state index in [1.165, 1.54) is 23.9 Å². The van der Waals surface area contributed by atoms with Crippen LogP contribution >= 0.6 is 11.8 Å². The number of thioether (sulfide) groups is 1. The Kier molecular flexibility index (Phi) is 8.95. The topological polar surface area (TPSA) is 133 Å². The number of ether oxygens (including phenoxy) is 1. The van der Waals surface area contributed by atoms with Crippen LogP contribution in [-0.4, -0.2) is 102 Å². The second-order valence-corrected chi connectivity index (χ2v) is 13.5. The highest BCUT2D eigenvalue weighted by molar-refractivity contribution is 8.01. The van der Waals surface area contributed by atoms with Crippen LogP contribution in [0.25, 0.3) is 0 Å². The average Bonchev–Trinajstić information content (AvgIpc) is 2.78. The van der Waals surface area contributed by atoms with Gasteiger partial charge in [0.1, 0.15) is 23.8 Å². The molecule has 0 aliphatic carbocycles. The van der Waals surface area contributed by atoms with Gasteiger partial charge in [-0.15, -0.1) is 17.7 Å². The third-order valence-electron chi connectivity index (χ3n) is 6.43. The zero-order chi connectivity index (χ0) is 26.7. The molecule has 3 rings (SSSR count). The summed E-state index contributed by atoms with van der Waals surface area (Å²) in [5.74, 6) is 5.22. The second-order valence-electron chi connectivity index (χ2n) is 9.48. The molecule has 12 heteroatoms. The molecular weight excluding hydrogens is 504 g/mol. The first-order valence-electron chi connectivity index (χ1n) is 11.6. The Morgan fingerprint density at radius 2 is 1.89 bits per heavy atom. The van der Waals surface area contributed by atoms with Gasteiger partial charge in [0.05, 0.1) is 11.4 Å². The standard InChI is InChI=1S/C24H34N4O6S2/c1-5-6-13-34-17-7-9-19(10-8-17)36(32,33)21-16-27(12-11-26(21)4)20(29)14-18-15-28(31)22(23(25)30)24(2,3)35-18/h7-10,18,21-22,31H,11-16H2,1-4H3,(H2,25,30)/t18-,21-,22?/m0/s1. The van der Waals surface area contributed by atoms with Crippen LogP contribution in [0.5, 0.6) is 5.75 Å². The lowest BCUT2D eigenvalue weighted by Gasteiger charge is -2.45. The summed E-state index contributed by atoms with van der Waals surface area (Å²) in [6, 6.07) is 5.34. The number of benzene rings is 1. The van der Waals surface area contributed by atoms with Crippen LogP contribution < -0.4 is 10.5 Å². The van der Waals surface area contributed by atoms with Crippen molar-refractivity contribution in [2.24, 2.45) is 5.73 Å². The zero-order valence-electron chi connectivity index (χ0n) is 21.0. The van der Waals surface area contributed by atoms with Crippen molar-refractivity contribution >= 4 is 33.4 Å². The number of nitrogens with two attached hydrogens (primary N) is 1. The third-order valence-corrected chi connectivity index (χ3v) is 10.1. The van der Waals surface area contributed by atoms with Gasteiger partial charge in [-0.2, -0.15) is 5.06 Å². The molecule has 0 saturated carbocycles. The van der Waals surface area contributed by atoms with Gasteiger partial charge in [-0.05, 0) is 52.1 Å². The van der Waals surface area contributed by atoms with Crippen LogP contribution in [0.15, 0.2) is 29.2 Å². The van der Waals surface area contributed by atoms with Crippen molar-refractivity contribution in [2.45, 2.75) is 53.5 Å². The van der Waals surface area contributed by atoms with E-state index >= 15 is 0 Å². The highest BCUT2D eigenvalue weighted by atomic mass is 32.2. The number of likely N-dealkylation sites (N-methyl/N-ethyl adjacent to an activating group) is 1. The molecule has 1 unspecified atom stereocenters. The van der Waals surface area contributed by atoms with Crippen LogP contribution in [0.1, 0.15) is 27.2 Å². The number of hydrogen-bond acceptors (Lipinski definition) is 9. The summed E-state index contributed by atoms with van der Waals surface area (Å²) in [7, 11) is -2.02. The first-order chi connectivity index (χ1) is 16.9. The van der Waals surface area contributed by atoms with E-state index in [0.29, 0.717) is 18.8 Å². The van der Waals surface area contributed by atoms with Crippen LogP contribution in [-0.2, 0) is 19.4 Å². The van der Waals surface area contributed by atoms with Crippen LogP contribution in [0.2, 0.25) is 0 Å². The Morgan fingerprint density at radius 3 is 2.47 bits per heavy atom. The molecule has 3 N–H and O–H groups in total. The largest absolute Gasteiger partial charge is 0.481 e. The van der Waals surface area contributed by atoms with Crippen LogP contribution in [0.4, 0.5) is 0 Å². The van der Waals surface area contributed by atoms with Crippen LogP contribution in [0, 0.1) is 11.8 Å². The van der Waals surface area contributed by atoms with E-state index < -0.39 is 31.9 Å². The molecule has 36 heavy (non-hydrogen) atoms. The molecule has 2 saturated heterocycles. The summed E-state index contributed by atoms with van der Waals surface area (Å²) >= 11 is 1.43. The van der Waals surface area contributed by atoms with Gasteiger partial charge in [0.2, 0.25) is 11.8 Å². The average molecular weight is 539 g/mol. The normalized spacial score (nSPS) is 25.0. The van der Waals surface area contributed by atoms with Crippen molar-refractivity contribution in [2.75, 3.05) is 39.8 Å². The summed E-state index contributed by atoms with van der Waals surface area (Å²) in [5, 5.41) is 10.1. The van der Waals surface area contributed by atoms with Crippen molar-refractivity contribution in [3.8, 4) is 17.6 Å². The lowest BCUT2D eigenvalue weighted by Crippen LogP contribution is -2.60. The van der Waals surface area contributed by atoms with Crippen molar-refractivity contribution in [3.63, 3.8) is 0 Å². The Morgan fingerprint density at radius 1 is 1.22 bits per heavy atom. The summed E-state index contributed by atoms with van der Waals surface area (Å²) in [5.41, 5.74) is 5.45. The van der Waals surface area contributed by atoms with E-state index in [1.807, 2.05) is 0 Å². The molecule has 2 aliphatic heterocycles. The Labute approximate surface area is 217 Å². The van der Waals surface area contributed by atoms with E-state index in [4.69, 9.17) is 10.5 Å². The number of primary amides is 1. The molecule has 1 aromatic rings. The van der Waals surface area contributed by atoms with Gasteiger partial charge >= 0.3 is 0 Å². The summed E-state index contributed by atoms with van der Waals surface area (Å²) in [6.07, 6.45) is 0.111. The van der Waals surface area contributed by atoms with Crippen molar-refractivity contribution in [1.82, 2.24) is 14.9 Å². The molecule has 0 bridgehead atoms. The van der Waals surface area contributed by atoms with Crippen LogP contribution in [0.3, 0.4) is 0 Å². The highest BCUT2D eigenvalue weighted by Gasteiger charge is 2.46. The molecular formula is C24H34N4O6S2. The summed E-state index contributed by atoms with van der Waals surface area (Å²) in [6.45, 7) is 6.50. The maximum atomic E-state index is 13.4. The molecule has 10 nitrogen and oxygen atoms in total. The molecule has 2 heterocycles. The SMILES string of the molecule is CC#CCOc1ccc(S(=O)(=O)[C@H]2CN(C(=O)C[C@H]3CN(O)C(C(N)=O)C(C)(C)S3)CCN2C)cc1. The number of rotatable bonds is 7. The third kappa shape index (κ3) is 6.33. The summed E-state index contributed by atoms with van der Waals surface area (Å²) < 4.78 is 31.6. The first-order valence-corrected chi connectivity index (χ1v) is 14.1. The summed E-state index contributed by atoms with van der Waals surface area (Å²) in [4.78, 5) is 28.4. The second kappa shape index (κ2) is 11.4. The van der Waals surface area contributed by atoms with Crippen molar-refractivity contribution < 1.29 is 28.0 Å². The quantitative estimate of drug-likeness (QED) is 0.483. The molecule has 2 fully saturated rings. The molecule has 3 atom stereocenters. The number of hydroxylamine groups is 2. The van der Waals surface area contributed by atoms with Crippen molar-refractivity contribution in [1.29, 1.82) is 0 Å². The van der Waals surface area contributed by atoms with Gasteiger partial charge in [-0.1, -0.05) is 5.92 Å². The smallest absolute Gasteiger partial charge is 0.238 e. The fourth-order valence-electron chi connectivity index (χ4n) is 4.60. The maximum absolute atomic E-state index is 13.4. The van der Waals surface area contributed by atoms with E-state index in [-0.39, 0.29) is 42.2 Å². The van der Waals surface area contributed by atoms with E-state index in [1.54, 1.807) is 49.8 Å². The van der Waals surface area contributed by atoms with Gasteiger partial charge in [-0.25, -0.2) is 8.42 Å². The molecule has 2 amide bonds. The fraction of sp³-hybridized carbons (Fsp3) is 0.583. The lowest BCUT2D eigenvalue weighted by molar-refractivity contribution is -0.159. The Hall–Kier alpha value is -2.30. The Balaban J connectivity index is 1.68. The number of hydrogen-bond donors (Lipinski definition) is 2. The number of piperazine rings is 1. The minimum absolute atomic E-state index is 0.0372. The number of carbonyl (C=O) groups excluding carboxylic acids is 2. The van der Waals surface area contributed by atoms with Gasteiger partial charge in [0.25, 0.3) is 0 Å². The number of carbonyl (C=O) groups is 2. The van der Waals surface area contributed by atoms with Crippen molar-refractivity contribution in [3.05, 3.63) is 24.3 Å². The zero-order valence-corrected chi connectivity index (χ0v) is 22.6. The molecule has 1 aromatic carbocycles. The lowest BCUT2D eigenvalue weighted by atomic mass is 10.0. The minimum Gasteiger partial charge on any atom is -0.481 e. The highest BCUT2D eigenvalue weighted by Crippen LogP contribution is 2.40. The Bertz CT molecular complexity index is 1130. The minimum atomic E-state index is -3.75. The van der Waals surface area contributed by atoms with Gasteiger partial charge in [0.15, 0.2) is 9.84 Å². The van der Waals surface area contributed by atoms with E-state index in [9.17, 15) is 23.2 Å². The van der Waals surface area contributed by atoms with E-state index in [0.717, 1.165) is 5.06 Å². The van der Waals surface area contributed by atoms with Gasteiger partial charge in [0, 0.05) is 36.1 Å². The number of nitrogens with zero attached hydrogens (tertiary/aromatic N) is 3. The predicted octanol–water partition coefficient (Wildman–Crippen LogP) is 0.792. The number of sulfone groups is 1. The maximum Gasteiger partial charge on any atom is 0.238 e. The molecule has 0 radical (unpaired) electrons. The first kappa shape index (κ1) is 28.3. The predicted molar refractivity (Wildman–Crippen MR) is 137 cm³/mol. The van der Waals surface area contributed by atoms with Gasteiger partial charge < -0.3 is 20.6 Å². The fourth-order valence-corrected chi connectivity index (χ4v) is 8.07. The molecule has 0 spiro atoms. The molecule has 198 valence electrons. The monoisotopic (exact) mass is 538 g/mol. The van der Waals surface area contributed by atoms with Gasteiger partial charge in [-0.3, -0.25) is 14.5 Å².